The van der Waals surface area contributed by atoms with Crippen molar-refractivity contribution < 1.29 is 24.4 Å². The lowest BCUT2D eigenvalue weighted by molar-refractivity contribution is -0.384. The van der Waals surface area contributed by atoms with Gasteiger partial charge in [0.2, 0.25) is 0 Å². The molecule has 1 unspecified atom stereocenters. The van der Waals surface area contributed by atoms with E-state index in [2.05, 4.69) is 0 Å². The third-order valence-electron chi connectivity index (χ3n) is 6.09. The van der Waals surface area contributed by atoms with Crippen molar-refractivity contribution in [1.29, 1.82) is 0 Å². The van der Waals surface area contributed by atoms with E-state index in [4.69, 9.17) is 4.74 Å². The topological polar surface area (TPSA) is 113 Å². The highest BCUT2D eigenvalue weighted by Gasteiger charge is 2.47. The van der Waals surface area contributed by atoms with Gasteiger partial charge in [0.1, 0.15) is 11.5 Å². The summed E-state index contributed by atoms with van der Waals surface area (Å²) in [7, 11) is 3.80. The Labute approximate surface area is 214 Å². The molecule has 3 aromatic carbocycles. The molecule has 1 aliphatic heterocycles. The molecule has 1 aliphatic rings. The number of ketones is 1. The van der Waals surface area contributed by atoms with Crippen molar-refractivity contribution in [3.05, 3.63) is 99.6 Å². The van der Waals surface area contributed by atoms with Crippen LogP contribution in [0.25, 0.3) is 5.76 Å². The van der Waals surface area contributed by atoms with E-state index in [9.17, 15) is 24.8 Å². The molecule has 9 heteroatoms. The predicted octanol–water partition coefficient (Wildman–Crippen LogP) is 5.08. The molecule has 0 aliphatic carbocycles. The first-order valence-electron chi connectivity index (χ1n) is 11.8. The number of aliphatic hydroxyl groups excluding tert-OH is 1. The number of benzene rings is 3. The SMILES string of the molecule is CCCOc1cccc(N2C(=O)C(=O)/C(=C(/O)c3ccc([N+](=O)[O-])cc3)C2c2ccc(N(C)C)cc2)c1. The lowest BCUT2D eigenvalue weighted by atomic mass is 9.95. The van der Waals surface area contributed by atoms with E-state index in [1.807, 2.05) is 38.1 Å². The van der Waals surface area contributed by atoms with E-state index in [1.54, 1.807) is 36.4 Å². The standard InChI is InChI=1S/C28H27N3O6/c1-4-16-37-23-7-5-6-22(17-23)30-25(18-8-12-20(13-9-18)29(2)3)24(27(33)28(30)34)26(32)19-10-14-21(15-11-19)31(35)36/h5-15,17,25,32H,4,16H2,1-3H3/b26-24+. The molecule has 4 rings (SSSR count). The van der Waals surface area contributed by atoms with E-state index >= 15 is 0 Å². The van der Waals surface area contributed by atoms with Crippen LogP contribution in [-0.4, -0.2) is 42.4 Å². The molecule has 0 bridgehead atoms. The largest absolute Gasteiger partial charge is 0.507 e. The van der Waals surface area contributed by atoms with Crippen LogP contribution < -0.4 is 14.5 Å². The fourth-order valence-electron chi connectivity index (χ4n) is 4.21. The molecule has 0 radical (unpaired) electrons. The lowest BCUT2D eigenvalue weighted by Gasteiger charge is -2.26. The van der Waals surface area contributed by atoms with Crippen molar-refractivity contribution in [2.24, 2.45) is 0 Å². The Hall–Kier alpha value is -4.66. The fraction of sp³-hybridized carbons (Fsp3) is 0.214. The zero-order valence-electron chi connectivity index (χ0n) is 20.7. The minimum absolute atomic E-state index is 0.101. The van der Waals surface area contributed by atoms with Crippen LogP contribution in [0.3, 0.4) is 0 Å². The van der Waals surface area contributed by atoms with Gasteiger partial charge in [0, 0.05) is 49.2 Å². The summed E-state index contributed by atoms with van der Waals surface area (Å²) in [6.07, 6.45) is 0.808. The van der Waals surface area contributed by atoms with Gasteiger partial charge in [0.05, 0.1) is 23.1 Å². The van der Waals surface area contributed by atoms with Gasteiger partial charge in [-0.3, -0.25) is 24.6 Å². The average Bonchev–Trinajstić information content (AvgIpc) is 3.17. The number of carbonyl (C=O) groups excluding carboxylic acids is 2. The average molecular weight is 502 g/mol. The van der Waals surface area contributed by atoms with E-state index in [-0.39, 0.29) is 16.8 Å². The number of amides is 1. The Balaban J connectivity index is 1.87. The first-order chi connectivity index (χ1) is 17.7. The van der Waals surface area contributed by atoms with Gasteiger partial charge in [0.15, 0.2) is 0 Å². The summed E-state index contributed by atoms with van der Waals surface area (Å²) in [4.78, 5) is 40.5. The fourth-order valence-corrected chi connectivity index (χ4v) is 4.21. The van der Waals surface area contributed by atoms with Crippen molar-refractivity contribution >= 4 is 34.5 Å². The van der Waals surface area contributed by atoms with Crippen molar-refractivity contribution in [2.45, 2.75) is 19.4 Å². The number of ether oxygens (including phenoxy) is 1. The molecule has 1 atom stereocenters. The molecule has 0 aromatic heterocycles. The van der Waals surface area contributed by atoms with Crippen LogP contribution in [0, 0.1) is 10.1 Å². The quantitative estimate of drug-likeness (QED) is 0.151. The van der Waals surface area contributed by atoms with Crippen LogP contribution in [-0.2, 0) is 9.59 Å². The van der Waals surface area contributed by atoms with Crippen molar-refractivity contribution in [3.63, 3.8) is 0 Å². The van der Waals surface area contributed by atoms with Crippen molar-refractivity contribution in [3.8, 4) is 5.75 Å². The molecule has 1 fully saturated rings. The summed E-state index contributed by atoms with van der Waals surface area (Å²) in [5.41, 5.74) is 1.92. The van der Waals surface area contributed by atoms with E-state index < -0.39 is 28.4 Å². The number of hydrogen-bond acceptors (Lipinski definition) is 7. The van der Waals surface area contributed by atoms with Crippen molar-refractivity contribution in [2.75, 3.05) is 30.5 Å². The molecule has 1 heterocycles. The summed E-state index contributed by atoms with van der Waals surface area (Å²) in [5, 5.41) is 22.3. The van der Waals surface area contributed by atoms with Gasteiger partial charge >= 0.3 is 0 Å². The van der Waals surface area contributed by atoms with Crippen LogP contribution in [0.1, 0.15) is 30.5 Å². The van der Waals surface area contributed by atoms with Gasteiger partial charge < -0.3 is 14.7 Å². The maximum absolute atomic E-state index is 13.4. The number of Topliss-reactive ketones (excluding diaryl/α,β-unsaturated/α-hetero) is 1. The second-order valence-corrected chi connectivity index (χ2v) is 8.80. The number of anilines is 2. The first-order valence-corrected chi connectivity index (χ1v) is 11.8. The number of nitro benzene ring substituents is 1. The maximum atomic E-state index is 13.4. The van der Waals surface area contributed by atoms with E-state index in [0.29, 0.717) is 23.6 Å². The minimum Gasteiger partial charge on any atom is -0.507 e. The molecule has 9 nitrogen and oxygen atoms in total. The molecule has 190 valence electrons. The third-order valence-corrected chi connectivity index (χ3v) is 6.09. The van der Waals surface area contributed by atoms with E-state index in [1.165, 1.54) is 29.2 Å². The van der Waals surface area contributed by atoms with Crippen LogP contribution >= 0.6 is 0 Å². The van der Waals surface area contributed by atoms with Gasteiger partial charge in [-0.25, -0.2) is 0 Å². The van der Waals surface area contributed by atoms with Crippen LogP contribution in [0.2, 0.25) is 0 Å². The third kappa shape index (κ3) is 5.02. The number of non-ortho nitro benzene ring substituents is 1. The Bertz CT molecular complexity index is 1360. The van der Waals surface area contributed by atoms with Crippen LogP contribution in [0.5, 0.6) is 5.75 Å². The minimum atomic E-state index is -0.923. The molecule has 1 amide bonds. The molecule has 1 N–H and O–H groups in total. The van der Waals surface area contributed by atoms with Gasteiger partial charge in [-0.2, -0.15) is 0 Å². The second kappa shape index (κ2) is 10.5. The molecular weight excluding hydrogens is 474 g/mol. The summed E-state index contributed by atoms with van der Waals surface area (Å²) < 4.78 is 5.73. The summed E-state index contributed by atoms with van der Waals surface area (Å²) >= 11 is 0. The number of carbonyl (C=O) groups is 2. The molecular formula is C28H27N3O6. The second-order valence-electron chi connectivity index (χ2n) is 8.80. The van der Waals surface area contributed by atoms with Gasteiger partial charge in [-0.05, 0) is 48.4 Å². The van der Waals surface area contributed by atoms with E-state index in [0.717, 1.165) is 12.1 Å². The number of hydrogen-bond donors (Lipinski definition) is 1. The Morgan fingerprint density at radius 3 is 2.32 bits per heavy atom. The molecule has 3 aromatic rings. The molecule has 0 spiro atoms. The zero-order chi connectivity index (χ0) is 26.7. The number of nitro groups is 1. The normalized spacial score (nSPS) is 16.6. The monoisotopic (exact) mass is 501 g/mol. The predicted molar refractivity (Wildman–Crippen MR) is 141 cm³/mol. The van der Waals surface area contributed by atoms with Crippen molar-refractivity contribution in [1.82, 2.24) is 0 Å². The Morgan fingerprint density at radius 2 is 1.73 bits per heavy atom. The van der Waals surface area contributed by atoms with Gasteiger partial charge in [-0.1, -0.05) is 25.1 Å². The molecule has 0 saturated carbocycles. The highest BCUT2D eigenvalue weighted by molar-refractivity contribution is 6.51. The highest BCUT2D eigenvalue weighted by atomic mass is 16.6. The van der Waals surface area contributed by atoms with Crippen LogP contribution in [0.4, 0.5) is 17.1 Å². The smallest absolute Gasteiger partial charge is 0.300 e. The summed E-state index contributed by atoms with van der Waals surface area (Å²) in [6.45, 7) is 2.48. The number of rotatable bonds is 8. The zero-order valence-corrected chi connectivity index (χ0v) is 20.7. The Morgan fingerprint density at radius 1 is 1.05 bits per heavy atom. The Kier molecular flexibility index (Phi) is 7.24. The summed E-state index contributed by atoms with van der Waals surface area (Å²) in [6, 6.07) is 18.5. The van der Waals surface area contributed by atoms with Crippen LogP contribution in [0.15, 0.2) is 78.4 Å². The molecule has 37 heavy (non-hydrogen) atoms. The number of nitrogens with zero attached hydrogens (tertiary/aromatic N) is 3. The van der Waals surface area contributed by atoms with Gasteiger partial charge in [-0.15, -0.1) is 0 Å². The molecule has 1 saturated heterocycles. The van der Waals surface area contributed by atoms with Gasteiger partial charge in [0.25, 0.3) is 17.4 Å². The summed E-state index contributed by atoms with van der Waals surface area (Å²) in [5.74, 6) is -1.50. The lowest BCUT2D eigenvalue weighted by Crippen LogP contribution is -2.29. The maximum Gasteiger partial charge on any atom is 0.300 e. The number of aliphatic hydroxyl groups is 1. The first kappa shape index (κ1) is 25.4. The highest BCUT2D eigenvalue weighted by Crippen LogP contribution is 2.43.